The van der Waals surface area contributed by atoms with Crippen molar-refractivity contribution in [3.05, 3.63) is 0 Å². The Balaban J connectivity index is 0. The maximum absolute atomic E-state index is 0. The summed E-state index contributed by atoms with van der Waals surface area (Å²) in [6.45, 7) is 0. The number of hydrogen-bond acceptors (Lipinski definition) is 0. The Kier molecular flexibility index (Phi) is 163. The van der Waals surface area contributed by atoms with Crippen LogP contribution in [0.15, 0.2) is 0 Å². The maximum atomic E-state index is 0. The van der Waals surface area contributed by atoms with Crippen molar-refractivity contribution in [2.75, 3.05) is 0 Å². The molecule has 0 aromatic heterocycles. The Morgan fingerprint density at radius 2 is 0.500 bits per heavy atom. The van der Waals surface area contributed by atoms with Crippen molar-refractivity contribution < 1.29 is 18.6 Å². The zero-order valence-electron chi connectivity index (χ0n) is 2.57. The van der Waals surface area contributed by atoms with Crippen molar-refractivity contribution in [1.82, 2.24) is 0 Å². The summed E-state index contributed by atoms with van der Waals surface area (Å²) in [5.74, 6) is 0. The van der Waals surface area contributed by atoms with E-state index in [9.17, 15) is 0 Å². The normalized spacial score (nSPS) is 0. The van der Waals surface area contributed by atoms with E-state index in [2.05, 4.69) is 0 Å². The van der Waals surface area contributed by atoms with E-state index in [1.807, 2.05) is 0 Å². The van der Waals surface area contributed by atoms with E-state index in [0.29, 0.717) is 0 Å². The van der Waals surface area contributed by atoms with Crippen LogP contribution in [0.5, 0.6) is 0 Å². The molecule has 0 N–H and O–H groups in total. The Labute approximate surface area is 70.7 Å². The molecule has 0 aliphatic heterocycles. The van der Waals surface area contributed by atoms with Gasteiger partial charge in [0, 0.05) is 18.6 Å². The summed E-state index contributed by atoms with van der Waals surface area (Å²) in [7, 11) is 0. The van der Waals surface area contributed by atoms with Gasteiger partial charge in [-0.3, -0.25) is 0 Å². The molecular formula is H6Ge3V. The Morgan fingerprint density at radius 3 is 0.500 bits per heavy atom. The van der Waals surface area contributed by atoms with Crippen LogP contribution in [-0.2, 0) is 18.6 Å². The van der Waals surface area contributed by atoms with Crippen LogP contribution in [0.25, 0.3) is 0 Å². The van der Waals surface area contributed by atoms with E-state index in [-0.39, 0.29) is 71.3 Å². The second kappa shape index (κ2) is 18.9. The van der Waals surface area contributed by atoms with Gasteiger partial charge in [0.2, 0.25) is 0 Å². The topological polar surface area (TPSA) is 0 Å². The molecule has 0 aliphatic rings. The minimum Gasteiger partial charge on any atom is 0 e. The van der Waals surface area contributed by atoms with Crippen molar-refractivity contribution in [1.29, 1.82) is 0 Å². The summed E-state index contributed by atoms with van der Waals surface area (Å²) in [6, 6.07) is 0. The quantitative estimate of drug-likeness (QED) is 0.420. The molecule has 0 saturated heterocycles. The summed E-state index contributed by atoms with van der Waals surface area (Å²) in [4.78, 5) is 0. The van der Waals surface area contributed by atoms with Crippen molar-refractivity contribution in [3.8, 4) is 0 Å². The van der Waals surface area contributed by atoms with E-state index < -0.39 is 0 Å². The maximum Gasteiger partial charge on any atom is 0 e. The Bertz CT molecular complexity index is 3.25. The van der Waals surface area contributed by atoms with Gasteiger partial charge in [0.15, 0.2) is 0 Å². The number of rotatable bonds is 0. The SMILES string of the molecule is [GeH2].[GeH2].[GeH2].[V]. The van der Waals surface area contributed by atoms with Gasteiger partial charge in [0.05, 0.1) is 0 Å². The van der Waals surface area contributed by atoms with Gasteiger partial charge in [-0.15, -0.1) is 0 Å². The molecule has 0 fully saturated rings. The smallest absolute Gasteiger partial charge is 0 e. The average molecular weight is 275 g/mol. The van der Waals surface area contributed by atoms with Crippen LogP contribution < -0.4 is 0 Å². The molecule has 7 radical (unpaired) electrons. The predicted molar refractivity (Wildman–Crippen MR) is 25.6 cm³/mol. The first-order valence-corrected chi connectivity index (χ1v) is 0. The molecule has 0 nitrogen and oxygen atoms in total. The zero-order chi connectivity index (χ0) is 0. The van der Waals surface area contributed by atoms with Crippen LogP contribution in [0, 0.1) is 0 Å². The van der Waals surface area contributed by atoms with Crippen LogP contribution in [0.1, 0.15) is 0 Å². The molecule has 0 aromatic carbocycles. The third kappa shape index (κ3) is 8.88. The third-order valence-electron chi connectivity index (χ3n) is 0. The second-order valence-corrected chi connectivity index (χ2v) is 0. The standard InChI is InChI=1S/3GeH2.V/h3*1H2;. The molecular weight excluding hydrogens is 269 g/mol. The molecule has 0 amide bonds. The van der Waals surface area contributed by atoms with E-state index in [0.717, 1.165) is 0 Å². The van der Waals surface area contributed by atoms with Gasteiger partial charge in [-0.2, -0.15) is 0 Å². The fraction of sp³-hybridized carbons (Fsp3) is 0. The molecule has 0 heterocycles. The van der Waals surface area contributed by atoms with Gasteiger partial charge in [-0.05, 0) is 0 Å². The summed E-state index contributed by atoms with van der Waals surface area (Å²) in [5.41, 5.74) is 0. The van der Waals surface area contributed by atoms with E-state index in [1.165, 1.54) is 0 Å². The average Bonchev–Trinajstić information content (AvgIpc) is 0. The molecule has 0 spiro atoms. The summed E-state index contributed by atoms with van der Waals surface area (Å²) >= 11 is 0. The molecule has 0 aromatic rings. The van der Waals surface area contributed by atoms with Crippen LogP contribution in [0.2, 0.25) is 0 Å². The molecule has 0 atom stereocenters. The van der Waals surface area contributed by atoms with Crippen LogP contribution >= 0.6 is 0 Å². The van der Waals surface area contributed by atoms with E-state index in [1.54, 1.807) is 0 Å². The van der Waals surface area contributed by atoms with Crippen LogP contribution in [-0.4, -0.2) is 52.8 Å². The van der Waals surface area contributed by atoms with Crippen molar-refractivity contribution in [3.63, 3.8) is 0 Å². The van der Waals surface area contributed by atoms with Gasteiger partial charge in [-0.1, -0.05) is 0 Å². The van der Waals surface area contributed by atoms with Gasteiger partial charge in [0.25, 0.3) is 0 Å². The van der Waals surface area contributed by atoms with Crippen molar-refractivity contribution in [2.45, 2.75) is 0 Å². The molecule has 0 rings (SSSR count). The number of hydrogen-bond donors (Lipinski definition) is 0. The molecule has 0 bridgehead atoms. The summed E-state index contributed by atoms with van der Waals surface area (Å²) < 4.78 is 0. The third-order valence-corrected chi connectivity index (χ3v) is 0. The summed E-state index contributed by atoms with van der Waals surface area (Å²) in [6.07, 6.45) is 0. The van der Waals surface area contributed by atoms with Crippen LogP contribution in [0.4, 0.5) is 0 Å². The van der Waals surface area contributed by atoms with Gasteiger partial charge in [-0.25, -0.2) is 0 Å². The fourth-order valence-corrected chi connectivity index (χ4v) is 0. The van der Waals surface area contributed by atoms with E-state index >= 15 is 0 Å². The minimum atomic E-state index is 0. The summed E-state index contributed by atoms with van der Waals surface area (Å²) in [5, 5.41) is 0. The Morgan fingerprint density at radius 1 is 0.500 bits per heavy atom. The van der Waals surface area contributed by atoms with Gasteiger partial charge < -0.3 is 0 Å². The molecule has 23 valence electrons. The molecule has 0 aliphatic carbocycles. The van der Waals surface area contributed by atoms with Crippen molar-refractivity contribution in [2.24, 2.45) is 0 Å². The van der Waals surface area contributed by atoms with E-state index in [4.69, 9.17) is 0 Å². The zero-order valence-corrected chi connectivity index (χ0v) is 12.9. The fourth-order valence-electron chi connectivity index (χ4n) is 0. The first-order chi connectivity index (χ1) is 0. The first-order valence-electron chi connectivity index (χ1n) is 0. The van der Waals surface area contributed by atoms with Gasteiger partial charge >= 0.3 is 52.8 Å². The predicted octanol–water partition coefficient (Wildman–Crippen LogP) is -2.75. The molecule has 4 heavy (non-hydrogen) atoms. The molecule has 4 heteroatoms. The van der Waals surface area contributed by atoms with Gasteiger partial charge in [0.1, 0.15) is 0 Å². The molecule has 0 saturated carbocycles. The largest absolute Gasteiger partial charge is 0 e. The minimum absolute atomic E-state index is 0. The second-order valence-electron chi connectivity index (χ2n) is 0. The van der Waals surface area contributed by atoms with Crippen LogP contribution in [0.3, 0.4) is 0 Å². The van der Waals surface area contributed by atoms with Crippen molar-refractivity contribution >= 4 is 52.8 Å². The Hall–Kier alpha value is 2.21. The molecule has 0 unspecified atom stereocenters. The first kappa shape index (κ1) is 34.5. The monoisotopic (exact) mass is 279 g/mol.